The van der Waals surface area contributed by atoms with Gasteiger partial charge in [0.2, 0.25) is 18.6 Å². The fourth-order valence-electron chi connectivity index (χ4n) is 3.53. The Kier molecular flexibility index (Phi) is 7.59. The summed E-state index contributed by atoms with van der Waals surface area (Å²) in [5.41, 5.74) is 2.14. The molecule has 31 heavy (non-hydrogen) atoms. The van der Waals surface area contributed by atoms with Gasteiger partial charge in [-0.3, -0.25) is 9.59 Å². The summed E-state index contributed by atoms with van der Waals surface area (Å²) in [6.45, 7) is 11.8. The first-order valence-electron chi connectivity index (χ1n) is 10.7. The van der Waals surface area contributed by atoms with E-state index in [0.717, 1.165) is 16.2 Å². The van der Waals surface area contributed by atoms with Gasteiger partial charge < -0.3 is 19.3 Å². The fourth-order valence-corrected chi connectivity index (χ4v) is 4.45. The summed E-state index contributed by atoms with van der Waals surface area (Å²) in [6, 6.07) is 7.83. The predicted molar refractivity (Wildman–Crippen MR) is 122 cm³/mol. The van der Waals surface area contributed by atoms with E-state index in [4.69, 9.17) is 9.47 Å². The molecule has 2 amide bonds. The summed E-state index contributed by atoms with van der Waals surface area (Å²) < 4.78 is 10.9. The molecule has 0 fully saturated rings. The third kappa shape index (κ3) is 6.00. The minimum absolute atomic E-state index is 0.0115. The average molecular weight is 445 g/mol. The molecule has 3 rings (SSSR count). The number of aryl methyl sites for hydroxylation is 1. The zero-order valence-electron chi connectivity index (χ0n) is 19.0. The van der Waals surface area contributed by atoms with Crippen LogP contribution in [0, 0.1) is 18.8 Å². The number of amides is 2. The minimum Gasteiger partial charge on any atom is -0.454 e. The Labute approximate surface area is 188 Å². The molecule has 0 aliphatic carbocycles. The molecule has 7 heteroatoms. The highest BCUT2D eigenvalue weighted by molar-refractivity contribution is 7.10. The summed E-state index contributed by atoms with van der Waals surface area (Å²) in [5, 5.41) is 2.04. The van der Waals surface area contributed by atoms with Crippen molar-refractivity contribution in [2.24, 2.45) is 11.8 Å². The molecule has 1 aliphatic rings. The van der Waals surface area contributed by atoms with Crippen LogP contribution in [-0.4, -0.2) is 41.5 Å². The van der Waals surface area contributed by atoms with Gasteiger partial charge in [-0.1, -0.05) is 33.8 Å². The molecule has 0 saturated heterocycles. The third-order valence-corrected chi connectivity index (χ3v) is 6.19. The maximum absolute atomic E-state index is 13.4. The number of carbonyl (C=O) groups excluding carboxylic acids is 2. The van der Waals surface area contributed by atoms with Crippen molar-refractivity contribution in [2.75, 3.05) is 19.9 Å². The van der Waals surface area contributed by atoms with Gasteiger partial charge in [0.25, 0.3) is 0 Å². The van der Waals surface area contributed by atoms with Gasteiger partial charge in [0.05, 0.1) is 13.1 Å². The van der Waals surface area contributed by atoms with Gasteiger partial charge in [-0.2, -0.15) is 0 Å². The lowest BCUT2D eigenvalue weighted by Crippen LogP contribution is -2.45. The summed E-state index contributed by atoms with van der Waals surface area (Å²) in [5.74, 6) is 1.53. The molecular weight excluding hydrogens is 412 g/mol. The van der Waals surface area contributed by atoms with Gasteiger partial charge in [-0.15, -0.1) is 11.3 Å². The molecule has 0 bridgehead atoms. The van der Waals surface area contributed by atoms with Crippen molar-refractivity contribution in [3.8, 4) is 11.5 Å². The van der Waals surface area contributed by atoms with E-state index >= 15 is 0 Å². The van der Waals surface area contributed by atoms with Crippen LogP contribution in [0.15, 0.2) is 29.6 Å². The van der Waals surface area contributed by atoms with E-state index in [1.807, 2.05) is 42.3 Å². The van der Waals surface area contributed by atoms with Gasteiger partial charge >= 0.3 is 0 Å². The molecule has 1 aromatic carbocycles. The van der Waals surface area contributed by atoms with Gasteiger partial charge in [0.15, 0.2) is 11.5 Å². The Bertz CT molecular complexity index is 922. The molecule has 2 heterocycles. The van der Waals surface area contributed by atoms with E-state index < -0.39 is 0 Å². The van der Waals surface area contributed by atoms with Crippen molar-refractivity contribution >= 4 is 23.2 Å². The van der Waals surface area contributed by atoms with Crippen molar-refractivity contribution in [2.45, 2.75) is 47.7 Å². The first kappa shape index (κ1) is 23.1. The fraction of sp³-hybridized carbons (Fsp3) is 0.500. The van der Waals surface area contributed by atoms with Gasteiger partial charge in [0.1, 0.15) is 0 Å². The lowest BCUT2D eigenvalue weighted by Gasteiger charge is -2.30. The Morgan fingerprint density at radius 3 is 2.42 bits per heavy atom. The highest BCUT2D eigenvalue weighted by atomic mass is 32.1. The van der Waals surface area contributed by atoms with E-state index in [9.17, 15) is 9.59 Å². The first-order valence-corrected chi connectivity index (χ1v) is 11.6. The quantitative estimate of drug-likeness (QED) is 0.573. The molecule has 2 aromatic rings. The number of benzene rings is 1. The third-order valence-electron chi connectivity index (χ3n) is 5.18. The van der Waals surface area contributed by atoms with Crippen molar-refractivity contribution < 1.29 is 19.1 Å². The molecule has 0 N–H and O–H groups in total. The number of nitrogens with zero attached hydrogens (tertiary/aromatic N) is 2. The molecule has 0 spiro atoms. The summed E-state index contributed by atoms with van der Waals surface area (Å²) in [7, 11) is 0. The van der Waals surface area contributed by atoms with Crippen LogP contribution < -0.4 is 9.47 Å². The van der Waals surface area contributed by atoms with E-state index in [0.29, 0.717) is 25.4 Å². The molecule has 0 unspecified atom stereocenters. The highest BCUT2D eigenvalue weighted by Gasteiger charge is 2.25. The number of thiophene rings is 1. The standard InChI is InChI=1S/C24H32N2O4S/c1-16(2)11-26(24(28)17(3)4)14-23(27)25(13-22-18(5)8-9-31-22)12-19-6-7-20-21(10-19)30-15-29-20/h6-10,16-17H,11-15H2,1-5H3. The minimum atomic E-state index is -0.145. The largest absolute Gasteiger partial charge is 0.454 e. The van der Waals surface area contributed by atoms with Crippen LogP contribution in [0.1, 0.15) is 43.7 Å². The highest BCUT2D eigenvalue weighted by Crippen LogP contribution is 2.33. The number of hydrogen-bond acceptors (Lipinski definition) is 5. The van der Waals surface area contributed by atoms with Crippen molar-refractivity contribution in [1.29, 1.82) is 0 Å². The lowest BCUT2D eigenvalue weighted by atomic mass is 10.1. The normalized spacial score (nSPS) is 12.5. The summed E-state index contributed by atoms with van der Waals surface area (Å²) in [4.78, 5) is 30.8. The molecule has 0 saturated carbocycles. The SMILES string of the molecule is Cc1ccsc1CN(Cc1ccc2c(c1)OCO2)C(=O)CN(CC(C)C)C(=O)C(C)C. The predicted octanol–water partition coefficient (Wildman–Crippen LogP) is 4.45. The Balaban J connectivity index is 1.81. The second-order valence-corrected chi connectivity index (χ2v) is 9.73. The van der Waals surface area contributed by atoms with Crippen LogP contribution in [-0.2, 0) is 22.7 Å². The molecule has 1 aromatic heterocycles. The second kappa shape index (κ2) is 10.2. The van der Waals surface area contributed by atoms with E-state index in [-0.39, 0.29) is 37.0 Å². The summed E-state index contributed by atoms with van der Waals surface area (Å²) in [6.07, 6.45) is 0. The van der Waals surface area contributed by atoms with Gasteiger partial charge in [0, 0.05) is 23.9 Å². The van der Waals surface area contributed by atoms with Crippen LogP contribution >= 0.6 is 11.3 Å². The van der Waals surface area contributed by atoms with Crippen molar-refractivity contribution in [3.05, 3.63) is 45.6 Å². The lowest BCUT2D eigenvalue weighted by molar-refractivity contribution is -0.143. The van der Waals surface area contributed by atoms with Gasteiger partial charge in [-0.25, -0.2) is 0 Å². The zero-order valence-corrected chi connectivity index (χ0v) is 19.8. The molecule has 6 nitrogen and oxygen atoms in total. The number of ether oxygens (including phenoxy) is 2. The monoisotopic (exact) mass is 444 g/mol. The van der Waals surface area contributed by atoms with Crippen LogP contribution in [0.25, 0.3) is 0 Å². The Hall–Kier alpha value is -2.54. The topological polar surface area (TPSA) is 59.1 Å². The number of carbonyl (C=O) groups is 2. The van der Waals surface area contributed by atoms with Crippen LogP contribution in [0.2, 0.25) is 0 Å². The van der Waals surface area contributed by atoms with Crippen LogP contribution in [0.3, 0.4) is 0 Å². The Morgan fingerprint density at radius 2 is 1.77 bits per heavy atom. The summed E-state index contributed by atoms with van der Waals surface area (Å²) >= 11 is 1.65. The van der Waals surface area contributed by atoms with Crippen LogP contribution in [0.5, 0.6) is 11.5 Å². The van der Waals surface area contributed by atoms with Crippen molar-refractivity contribution in [1.82, 2.24) is 9.80 Å². The average Bonchev–Trinajstić information content (AvgIpc) is 3.34. The number of rotatable bonds is 9. The molecule has 168 valence electrons. The maximum atomic E-state index is 13.4. The van der Waals surface area contributed by atoms with E-state index in [1.165, 1.54) is 5.56 Å². The maximum Gasteiger partial charge on any atom is 0.242 e. The van der Waals surface area contributed by atoms with Crippen LogP contribution in [0.4, 0.5) is 0 Å². The van der Waals surface area contributed by atoms with Crippen molar-refractivity contribution in [3.63, 3.8) is 0 Å². The Morgan fingerprint density at radius 1 is 1.03 bits per heavy atom. The zero-order chi connectivity index (χ0) is 22.5. The second-order valence-electron chi connectivity index (χ2n) is 8.73. The molecule has 0 atom stereocenters. The molecule has 0 radical (unpaired) electrons. The van der Waals surface area contributed by atoms with E-state index in [2.05, 4.69) is 26.8 Å². The molecule has 1 aliphatic heterocycles. The number of fused-ring (bicyclic) bond motifs is 1. The smallest absolute Gasteiger partial charge is 0.242 e. The number of hydrogen-bond donors (Lipinski definition) is 0. The van der Waals surface area contributed by atoms with Gasteiger partial charge in [-0.05, 0) is 47.5 Å². The molecular formula is C24H32N2O4S. The first-order chi connectivity index (χ1) is 14.7. The van der Waals surface area contributed by atoms with E-state index in [1.54, 1.807) is 16.2 Å².